The number of carbonyl (C=O) groups excluding carboxylic acids is 1. The molecule has 0 saturated carbocycles. The molecule has 0 N–H and O–H groups in total. The van der Waals surface area contributed by atoms with Crippen LogP contribution in [-0.4, -0.2) is 67.4 Å². The van der Waals surface area contributed by atoms with E-state index in [0.29, 0.717) is 25.1 Å². The first-order valence-electron chi connectivity index (χ1n) is 9.18. The second kappa shape index (κ2) is 9.78. The van der Waals surface area contributed by atoms with Gasteiger partial charge in [0.2, 0.25) is 0 Å². The van der Waals surface area contributed by atoms with Crippen LogP contribution >= 0.6 is 12.4 Å². The molecule has 1 aromatic carbocycles. The first-order chi connectivity index (χ1) is 12.8. The van der Waals surface area contributed by atoms with Crippen molar-refractivity contribution in [2.75, 3.05) is 31.2 Å². The van der Waals surface area contributed by atoms with Crippen LogP contribution in [-0.2, 0) is 14.6 Å². The molecule has 2 aliphatic heterocycles. The molecule has 8 nitrogen and oxygen atoms in total. The van der Waals surface area contributed by atoms with E-state index in [1.54, 1.807) is 0 Å². The number of carbonyl (C=O) groups is 1. The number of Topliss-reactive ketones (excluding diaryl/α,β-unsaturated/α-hetero) is 1. The molecule has 28 heavy (non-hydrogen) atoms. The van der Waals surface area contributed by atoms with Gasteiger partial charge in [0.1, 0.15) is 0 Å². The fourth-order valence-corrected chi connectivity index (χ4v) is 5.46. The zero-order valence-corrected chi connectivity index (χ0v) is 17.1. The molecule has 2 heterocycles. The summed E-state index contributed by atoms with van der Waals surface area (Å²) in [5.41, 5.74) is 0.374. The summed E-state index contributed by atoms with van der Waals surface area (Å²) in [5, 5.41) is 10.7. The molecular formula is C18H25ClN2O6S. The Morgan fingerprint density at radius 1 is 1.25 bits per heavy atom. The molecule has 2 atom stereocenters. The molecule has 2 saturated heterocycles. The summed E-state index contributed by atoms with van der Waals surface area (Å²) >= 11 is 0. The van der Waals surface area contributed by atoms with E-state index < -0.39 is 14.8 Å². The van der Waals surface area contributed by atoms with Gasteiger partial charge in [0.25, 0.3) is 5.69 Å². The van der Waals surface area contributed by atoms with Crippen molar-refractivity contribution in [3.63, 3.8) is 0 Å². The predicted octanol–water partition coefficient (Wildman–Crippen LogP) is 2.26. The maximum absolute atomic E-state index is 12.5. The van der Waals surface area contributed by atoms with Crippen molar-refractivity contribution in [2.24, 2.45) is 0 Å². The van der Waals surface area contributed by atoms with E-state index in [0.717, 1.165) is 19.4 Å². The third-order valence-corrected chi connectivity index (χ3v) is 6.96. The van der Waals surface area contributed by atoms with Crippen molar-refractivity contribution in [1.29, 1.82) is 0 Å². The monoisotopic (exact) mass is 432 g/mol. The third-order valence-electron chi connectivity index (χ3n) is 5.21. The molecule has 2 aliphatic rings. The molecule has 156 valence electrons. The third kappa shape index (κ3) is 5.97. The first-order valence-corrected chi connectivity index (χ1v) is 11.0. The lowest BCUT2D eigenvalue weighted by Crippen LogP contribution is -2.42. The smallest absolute Gasteiger partial charge is 0.269 e. The Kier molecular flexibility index (Phi) is 7.94. The topological polar surface area (TPSA) is 107 Å². The van der Waals surface area contributed by atoms with Gasteiger partial charge in [0.05, 0.1) is 22.5 Å². The predicted molar refractivity (Wildman–Crippen MR) is 107 cm³/mol. The van der Waals surface area contributed by atoms with Crippen LogP contribution in [0.25, 0.3) is 0 Å². The molecule has 2 fully saturated rings. The maximum atomic E-state index is 12.5. The Hall–Kier alpha value is -1.55. The van der Waals surface area contributed by atoms with E-state index in [4.69, 9.17) is 4.74 Å². The largest absolute Gasteiger partial charge is 0.377 e. The molecule has 0 spiro atoms. The number of halogens is 1. The molecular weight excluding hydrogens is 408 g/mol. The van der Waals surface area contributed by atoms with Gasteiger partial charge in [-0.15, -0.1) is 12.4 Å². The van der Waals surface area contributed by atoms with Crippen LogP contribution in [0, 0.1) is 10.1 Å². The molecule has 0 bridgehead atoms. The number of non-ortho nitro benzene ring substituents is 1. The fraction of sp³-hybridized carbons (Fsp3) is 0.611. The van der Waals surface area contributed by atoms with Crippen LogP contribution in [0.5, 0.6) is 0 Å². The zero-order chi connectivity index (χ0) is 19.4. The highest BCUT2D eigenvalue weighted by Gasteiger charge is 2.34. The van der Waals surface area contributed by atoms with Crippen LogP contribution in [0.3, 0.4) is 0 Å². The Labute approximate surface area is 170 Å². The van der Waals surface area contributed by atoms with Crippen molar-refractivity contribution in [3.8, 4) is 0 Å². The van der Waals surface area contributed by atoms with Crippen molar-refractivity contribution in [2.45, 2.75) is 37.8 Å². The van der Waals surface area contributed by atoms with E-state index in [1.807, 2.05) is 0 Å². The summed E-state index contributed by atoms with van der Waals surface area (Å²) in [7, 11) is -3.01. The number of benzene rings is 1. The van der Waals surface area contributed by atoms with Gasteiger partial charge in [0, 0.05) is 49.9 Å². The van der Waals surface area contributed by atoms with Crippen LogP contribution in [0.1, 0.15) is 36.0 Å². The second-order valence-electron chi connectivity index (χ2n) is 7.16. The lowest BCUT2D eigenvalue weighted by molar-refractivity contribution is -0.384. The number of sulfone groups is 1. The van der Waals surface area contributed by atoms with Crippen LogP contribution in [0.2, 0.25) is 0 Å². The van der Waals surface area contributed by atoms with Crippen molar-refractivity contribution in [1.82, 2.24) is 4.90 Å². The highest BCUT2D eigenvalue weighted by Crippen LogP contribution is 2.22. The highest BCUT2D eigenvalue weighted by molar-refractivity contribution is 7.91. The summed E-state index contributed by atoms with van der Waals surface area (Å²) in [4.78, 5) is 24.7. The molecule has 0 radical (unpaired) electrons. The molecule has 10 heteroatoms. The number of rotatable bonds is 8. The average molecular weight is 433 g/mol. The van der Waals surface area contributed by atoms with Gasteiger partial charge in [-0.25, -0.2) is 8.42 Å². The van der Waals surface area contributed by atoms with E-state index in [1.165, 1.54) is 24.3 Å². The van der Waals surface area contributed by atoms with Crippen molar-refractivity contribution >= 4 is 33.7 Å². The number of hydrogen-bond acceptors (Lipinski definition) is 7. The summed E-state index contributed by atoms with van der Waals surface area (Å²) in [6.45, 7) is 1.81. The van der Waals surface area contributed by atoms with Crippen LogP contribution in [0.15, 0.2) is 24.3 Å². The summed E-state index contributed by atoms with van der Waals surface area (Å²) in [6.07, 6.45) is 2.86. The van der Waals surface area contributed by atoms with Gasteiger partial charge in [-0.05, 0) is 31.4 Å². The number of ketones is 1. The number of hydrogen-bond donors (Lipinski definition) is 0. The number of nitro groups is 1. The van der Waals surface area contributed by atoms with Crippen LogP contribution < -0.4 is 0 Å². The average Bonchev–Trinajstić information content (AvgIpc) is 3.27. The number of nitrogens with zero attached hydrogens (tertiary/aromatic N) is 2. The standard InChI is InChI=1S/C18H24N2O6S.ClH/c21-18(14-3-5-15(6-4-14)20(22)23)7-9-19(12-17-2-1-10-26-17)16-8-11-27(24,25)13-16;/h3-6,16-17H,1-2,7-13H2;1H. The first kappa shape index (κ1) is 22.7. The molecule has 0 aliphatic carbocycles. The van der Waals surface area contributed by atoms with Crippen LogP contribution in [0.4, 0.5) is 5.69 Å². The Morgan fingerprint density at radius 2 is 1.96 bits per heavy atom. The zero-order valence-electron chi connectivity index (χ0n) is 15.5. The van der Waals surface area contributed by atoms with Gasteiger partial charge >= 0.3 is 0 Å². The lowest BCUT2D eigenvalue weighted by Gasteiger charge is -2.30. The van der Waals surface area contributed by atoms with Gasteiger partial charge < -0.3 is 4.74 Å². The molecule has 0 aromatic heterocycles. The Balaban J connectivity index is 0.00000280. The highest BCUT2D eigenvalue weighted by atomic mass is 35.5. The van der Waals surface area contributed by atoms with E-state index in [-0.39, 0.29) is 54.0 Å². The molecule has 0 amide bonds. The number of ether oxygens (including phenoxy) is 1. The summed E-state index contributed by atoms with van der Waals surface area (Å²) in [6, 6.07) is 5.49. The van der Waals surface area contributed by atoms with E-state index in [9.17, 15) is 23.3 Å². The summed E-state index contributed by atoms with van der Waals surface area (Å²) < 4.78 is 29.4. The second-order valence-corrected chi connectivity index (χ2v) is 9.39. The minimum atomic E-state index is -3.01. The van der Waals surface area contributed by atoms with Gasteiger partial charge in [0.15, 0.2) is 15.6 Å². The van der Waals surface area contributed by atoms with Crippen molar-refractivity contribution in [3.05, 3.63) is 39.9 Å². The van der Waals surface area contributed by atoms with Gasteiger partial charge in [-0.3, -0.25) is 19.8 Å². The van der Waals surface area contributed by atoms with Gasteiger partial charge in [-0.1, -0.05) is 0 Å². The Bertz CT molecular complexity index is 793. The number of nitro benzene ring substituents is 1. The SMILES string of the molecule is Cl.O=C(CCN(CC1CCCO1)C1CCS(=O)(=O)C1)c1ccc([N+](=O)[O-])cc1. The maximum Gasteiger partial charge on any atom is 0.269 e. The van der Waals surface area contributed by atoms with Gasteiger partial charge in [-0.2, -0.15) is 0 Å². The molecule has 3 rings (SSSR count). The quantitative estimate of drug-likeness (QED) is 0.352. The molecule has 2 unspecified atom stereocenters. The van der Waals surface area contributed by atoms with E-state index in [2.05, 4.69) is 4.90 Å². The lowest BCUT2D eigenvalue weighted by atomic mass is 10.1. The molecule has 1 aromatic rings. The normalized spacial score (nSPS) is 23.5. The minimum Gasteiger partial charge on any atom is -0.377 e. The van der Waals surface area contributed by atoms with E-state index >= 15 is 0 Å². The van der Waals surface area contributed by atoms with Crippen molar-refractivity contribution < 1.29 is 22.9 Å². The Morgan fingerprint density at radius 3 is 2.50 bits per heavy atom. The fourth-order valence-electron chi connectivity index (χ4n) is 3.69. The summed E-state index contributed by atoms with van der Waals surface area (Å²) in [5.74, 6) is 0.213. The minimum absolute atomic E-state index is 0.